The molecule has 55 heavy (non-hydrogen) atoms. The van der Waals surface area contributed by atoms with Crippen LogP contribution in [0, 0.1) is 0 Å². The van der Waals surface area contributed by atoms with Crippen molar-refractivity contribution in [2.75, 3.05) is 4.90 Å². The number of nitrogens with zero attached hydrogens (tertiary/aromatic N) is 3. The zero-order valence-electron chi connectivity index (χ0n) is 30.5. The molecule has 0 saturated heterocycles. The van der Waals surface area contributed by atoms with Crippen molar-refractivity contribution in [3.8, 4) is 33.5 Å². The molecule has 0 fully saturated rings. The van der Waals surface area contributed by atoms with E-state index in [0.29, 0.717) is 5.95 Å². The van der Waals surface area contributed by atoms with Crippen molar-refractivity contribution in [3.63, 3.8) is 0 Å². The van der Waals surface area contributed by atoms with Gasteiger partial charge in [-0.15, -0.1) is 11.3 Å². The Bertz CT molecular complexity index is 3120. The van der Waals surface area contributed by atoms with Crippen molar-refractivity contribution in [1.29, 1.82) is 0 Å². The van der Waals surface area contributed by atoms with Gasteiger partial charge in [0, 0.05) is 47.9 Å². The zero-order valence-corrected chi connectivity index (χ0v) is 31.3. The van der Waals surface area contributed by atoms with Crippen LogP contribution < -0.4 is 4.90 Å². The minimum Gasteiger partial charge on any atom is -0.279 e. The molecule has 0 N–H and O–H groups in total. The molecule has 0 amide bonds. The van der Waals surface area contributed by atoms with Gasteiger partial charge in [0.1, 0.15) is 0 Å². The van der Waals surface area contributed by atoms with Crippen LogP contribution in [0.2, 0.25) is 0 Å². The summed E-state index contributed by atoms with van der Waals surface area (Å²) in [4.78, 5) is 13.0. The van der Waals surface area contributed by atoms with Gasteiger partial charge in [0.25, 0.3) is 0 Å². The lowest BCUT2D eigenvalue weighted by atomic mass is 9.82. The smallest absolute Gasteiger partial charge is 0.235 e. The summed E-state index contributed by atoms with van der Waals surface area (Å²) >= 11 is 1.85. The number of hydrogen-bond donors (Lipinski definition) is 0. The Labute approximate surface area is 323 Å². The van der Waals surface area contributed by atoms with Crippen LogP contribution in [0.5, 0.6) is 0 Å². The minimum absolute atomic E-state index is 0.147. The highest BCUT2D eigenvalue weighted by Crippen LogP contribution is 2.50. The molecule has 0 unspecified atom stereocenters. The van der Waals surface area contributed by atoms with Crippen molar-refractivity contribution >= 4 is 70.5 Å². The Morgan fingerprint density at radius 2 is 1.11 bits per heavy atom. The van der Waals surface area contributed by atoms with E-state index in [-0.39, 0.29) is 5.41 Å². The topological polar surface area (TPSA) is 29.0 Å². The predicted molar refractivity (Wildman–Crippen MR) is 233 cm³/mol. The Balaban J connectivity index is 1.11. The molecule has 2 aromatic heterocycles. The monoisotopic (exact) mass is 721 g/mol. The maximum absolute atomic E-state index is 5.50. The number of benzene rings is 8. The summed E-state index contributed by atoms with van der Waals surface area (Å²) in [6.45, 7) is 4.66. The fraction of sp³-hybridized carbons (Fsp3) is 0.0588. The highest BCUT2D eigenvalue weighted by molar-refractivity contribution is 7.25. The molecule has 0 radical (unpaired) electrons. The summed E-state index contributed by atoms with van der Waals surface area (Å²) in [7, 11) is 0. The lowest BCUT2D eigenvalue weighted by Crippen LogP contribution is -2.17. The molecule has 0 atom stereocenters. The summed E-state index contributed by atoms with van der Waals surface area (Å²) in [5.74, 6) is 0.636. The zero-order chi connectivity index (χ0) is 36.7. The van der Waals surface area contributed by atoms with Crippen LogP contribution in [-0.2, 0) is 5.41 Å². The number of para-hydroxylation sites is 1. The number of fused-ring (bicyclic) bond motifs is 8. The second kappa shape index (κ2) is 12.2. The largest absolute Gasteiger partial charge is 0.279 e. The molecular formula is C51H35N3S. The van der Waals surface area contributed by atoms with E-state index in [1.54, 1.807) is 0 Å². The second-order valence-electron chi connectivity index (χ2n) is 15.0. The minimum atomic E-state index is -0.147. The number of thiophene rings is 1. The molecule has 11 rings (SSSR count). The maximum Gasteiger partial charge on any atom is 0.235 e. The third-order valence-corrected chi connectivity index (χ3v) is 12.6. The molecule has 0 saturated carbocycles. The van der Waals surface area contributed by atoms with E-state index < -0.39 is 0 Å². The first kappa shape index (κ1) is 31.9. The van der Waals surface area contributed by atoms with Crippen LogP contribution in [-0.4, -0.2) is 9.97 Å². The molecule has 1 aliphatic carbocycles. The van der Waals surface area contributed by atoms with Gasteiger partial charge in [-0.25, -0.2) is 9.97 Å². The molecule has 0 spiro atoms. The van der Waals surface area contributed by atoms with Gasteiger partial charge in [-0.2, -0.15) is 0 Å². The summed E-state index contributed by atoms with van der Waals surface area (Å²) in [5, 5.41) is 6.13. The maximum atomic E-state index is 5.50. The lowest BCUT2D eigenvalue weighted by Gasteiger charge is -2.27. The van der Waals surface area contributed by atoms with Crippen LogP contribution in [0.4, 0.5) is 17.3 Å². The van der Waals surface area contributed by atoms with Gasteiger partial charge < -0.3 is 0 Å². The number of rotatable bonds is 5. The predicted octanol–water partition coefficient (Wildman–Crippen LogP) is 14.3. The number of hydrogen-bond acceptors (Lipinski definition) is 4. The van der Waals surface area contributed by atoms with E-state index in [2.05, 4.69) is 195 Å². The molecule has 0 bridgehead atoms. The van der Waals surface area contributed by atoms with Crippen molar-refractivity contribution in [2.45, 2.75) is 19.3 Å². The normalized spacial score (nSPS) is 13.1. The summed E-state index contributed by atoms with van der Waals surface area (Å²) in [6, 6.07) is 63.5. The third kappa shape index (κ3) is 5.10. The first-order valence-electron chi connectivity index (χ1n) is 18.8. The molecule has 2 heterocycles. The van der Waals surface area contributed by atoms with E-state index in [1.807, 2.05) is 11.3 Å². The Morgan fingerprint density at radius 1 is 0.455 bits per heavy atom. The Morgan fingerprint density at radius 3 is 1.96 bits per heavy atom. The van der Waals surface area contributed by atoms with E-state index in [4.69, 9.17) is 9.97 Å². The van der Waals surface area contributed by atoms with Crippen molar-refractivity contribution in [2.24, 2.45) is 0 Å². The first-order chi connectivity index (χ1) is 27.0. The van der Waals surface area contributed by atoms with Crippen LogP contribution >= 0.6 is 11.3 Å². The second-order valence-corrected chi connectivity index (χ2v) is 16.1. The van der Waals surface area contributed by atoms with E-state index in [1.165, 1.54) is 64.3 Å². The van der Waals surface area contributed by atoms with Gasteiger partial charge in [-0.3, -0.25) is 4.90 Å². The Kier molecular flexibility index (Phi) is 7.07. The van der Waals surface area contributed by atoms with Gasteiger partial charge in [0.15, 0.2) is 0 Å². The number of aromatic nitrogens is 2. The summed E-state index contributed by atoms with van der Waals surface area (Å²) in [5.41, 5.74) is 12.4. The summed E-state index contributed by atoms with van der Waals surface area (Å²) in [6.07, 6.45) is 0. The first-order valence-corrected chi connectivity index (χ1v) is 19.6. The third-order valence-electron chi connectivity index (χ3n) is 11.5. The van der Waals surface area contributed by atoms with Crippen molar-refractivity contribution in [1.82, 2.24) is 9.97 Å². The highest BCUT2D eigenvalue weighted by atomic mass is 32.1. The van der Waals surface area contributed by atoms with E-state index in [9.17, 15) is 0 Å². The number of anilines is 3. The van der Waals surface area contributed by atoms with Crippen molar-refractivity contribution in [3.05, 3.63) is 187 Å². The van der Waals surface area contributed by atoms with Gasteiger partial charge in [0.05, 0.1) is 11.2 Å². The van der Waals surface area contributed by atoms with Gasteiger partial charge in [-0.1, -0.05) is 141 Å². The highest BCUT2D eigenvalue weighted by Gasteiger charge is 2.36. The van der Waals surface area contributed by atoms with Gasteiger partial charge in [0.2, 0.25) is 5.95 Å². The molecule has 4 heteroatoms. The molecule has 260 valence electrons. The molecule has 8 aromatic carbocycles. The fourth-order valence-electron chi connectivity index (χ4n) is 8.64. The quantitative estimate of drug-likeness (QED) is 0.177. The molecule has 1 aliphatic rings. The lowest BCUT2D eigenvalue weighted by molar-refractivity contribution is 0.660. The van der Waals surface area contributed by atoms with Crippen LogP contribution in [0.25, 0.3) is 75.4 Å². The Hall–Kier alpha value is -6.62. The summed E-state index contributed by atoms with van der Waals surface area (Å²) < 4.78 is 2.55. The van der Waals surface area contributed by atoms with Gasteiger partial charge in [-0.05, 0) is 92.7 Å². The van der Waals surface area contributed by atoms with Crippen molar-refractivity contribution < 1.29 is 0 Å². The van der Waals surface area contributed by atoms with Crippen LogP contribution in [0.3, 0.4) is 0 Å². The molecule has 3 nitrogen and oxygen atoms in total. The van der Waals surface area contributed by atoms with Gasteiger partial charge >= 0.3 is 0 Å². The molecular weight excluding hydrogens is 687 g/mol. The van der Waals surface area contributed by atoms with E-state index in [0.717, 1.165) is 33.5 Å². The average molecular weight is 722 g/mol. The molecule has 0 aliphatic heterocycles. The average Bonchev–Trinajstić information content (AvgIpc) is 3.70. The van der Waals surface area contributed by atoms with Crippen LogP contribution in [0.15, 0.2) is 176 Å². The standard InChI is InChI=1S/C51H35N3S/c1-51(2)44-18-10-8-16-39(44)40-27-25-38(31-45(40)51)54(37-23-20-33(21-24-37)32-12-4-3-5-13-32)50-52-46-19-11-9-17-42(46)49(53-50)36-22-26-41-43-28-34-14-6-7-15-35(34)29-48(43)55-47(41)30-36/h3-31H,1-2H3. The SMILES string of the molecule is CC1(C)c2ccccc2-c2ccc(N(c3ccc(-c4ccccc4)cc3)c3nc(-c4ccc5c(c4)sc4cc6ccccc6cc45)c4ccccc4n3)cc21. The molecule has 10 aromatic rings. The van der Waals surface area contributed by atoms with E-state index >= 15 is 0 Å². The van der Waals surface area contributed by atoms with Crippen LogP contribution in [0.1, 0.15) is 25.0 Å². The fourth-order valence-corrected chi connectivity index (χ4v) is 9.81.